The van der Waals surface area contributed by atoms with Crippen molar-refractivity contribution in [3.63, 3.8) is 0 Å². The Morgan fingerprint density at radius 3 is 2.61 bits per heavy atom. The maximum Gasteiger partial charge on any atom is 0.254 e. The van der Waals surface area contributed by atoms with E-state index in [4.69, 9.17) is 11.6 Å². The molecule has 1 N–H and O–H groups in total. The molecule has 1 atom stereocenters. The van der Waals surface area contributed by atoms with Crippen LogP contribution in [0.15, 0.2) is 12.1 Å². The molecule has 0 aliphatic rings. The van der Waals surface area contributed by atoms with Crippen LogP contribution in [0, 0.1) is 18.6 Å². The van der Waals surface area contributed by atoms with Crippen LogP contribution in [-0.4, -0.2) is 17.8 Å². The topological polar surface area (TPSA) is 29.1 Å². The highest BCUT2D eigenvalue weighted by molar-refractivity contribution is 6.17. The van der Waals surface area contributed by atoms with Crippen LogP contribution in [-0.2, 0) is 0 Å². The fourth-order valence-electron chi connectivity index (χ4n) is 1.60. The van der Waals surface area contributed by atoms with Crippen LogP contribution in [0.5, 0.6) is 0 Å². The third kappa shape index (κ3) is 3.67. The predicted molar refractivity (Wildman–Crippen MR) is 68.0 cm³/mol. The predicted octanol–water partition coefficient (Wildman–Crippen LogP) is 3.41. The van der Waals surface area contributed by atoms with Crippen LogP contribution in [0.4, 0.5) is 8.78 Å². The van der Waals surface area contributed by atoms with Gasteiger partial charge < -0.3 is 5.32 Å². The Morgan fingerprint density at radius 2 is 2.06 bits per heavy atom. The van der Waals surface area contributed by atoms with Crippen LogP contribution in [0.1, 0.15) is 35.7 Å². The number of nitrogens with one attached hydrogen (secondary N) is 1. The Morgan fingerprint density at radius 1 is 1.39 bits per heavy atom. The van der Waals surface area contributed by atoms with E-state index in [0.717, 1.165) is 6.07 Å². The van der Waals surface area contributed by atoms with Crippen LogP contribution in [0.2, 0.25) is 0 Å². The molecule has 2 nitrogen and oxygen atoms in total. The molecule has 1 unspecified atom stereocenters. The van der Waals surface area contributed by atoms with Crippen molar-refractivity contribution in [1.82, 2.24) is 5.32 Å². The Bertz CT molecular complexity index is 437. The molecule has 18 heavy (non-hydrogen) atoms. The van der Waals surface area contributed by atoms with Crippen molar-refractivity contribution >= 4 is 17.5 Å². The lowest BCUT2D eigenvalue weighted by molar-refractivity contribution is 0.0931. The van der Waals surface area contributed by atoms with Crippen LogP contribution >= 0.6 is 11.6 Å². The first-order chi connectivity index (χ1) is 8.49. The highest BCUT2D eigenvalue weighted by Gasteiger charge is 2.17. The minimum Gasteiger partial charge on any atom is -0.349 e. The molecule has 100 valence electrons. The van der Waals surface area contributed by atoms with Crippen molar-refractivity contribution in [1.29, 1.82) is 0 Å². The van der Waals surface area contributed by atoms with Crippen LogP contribution < -0.4 is 5.32 Å². The minimum atomic E-state index is -0.851. The average molecular weight is 276 g/mol. The number of aryl methyl sites for hydroxylation is 1. The van der Waals surface area contributed by atoms with Crippen molar-refractivity contribution in [3.05, 3.63) is 34.9 Å². The molecule has 1 aromatic rings. The van der Waals surface area contributed by atoms with Gasteiger partial charge in [-0.05, 0) is 31.4 Å². The first-order valence-corrected chi connectivity index (χ1v) is 6.35. The van der Waals surface area contributed by atoms with E-state index in [9.17, 15) is 13.6 Å². The molecule has 0 radical (unpaired) electrons. The maximum absolute atomic E-state index is 13.5. The molecule has 0 saturated heterocycles. The Hall–Kier alpha value is -1.16. The lowest BCUT2D eigenvalue weighted by Crippen LogP contribution is -2.35. The summed E-state index contributed by atoms with van der Waals surface area (Å²) in [5, 5.41) is 2.69. The van der Waals surface area contributed by atoms with Crippen LogP contribution in [0.25, 0.3) is 0 Å². The van der Waals surface area contributed by atoms with Gasteiger partial charge in [-0.2, -0.15) is 0 Å². The zero-order valence-corrected chi connectivity index (χ0v) is 11.2. The summed E-state index contributed by atoms with van der Waals surface area (Å²) in [6.45, 7) is 3.39. The number of halogens is 3. The molecule has 0 saturated carbocycles. The highest BCUT2D eigenvalue weighted by atomic mass is 35.5. The molecule has 0 aromatic heterocycles. The van der Waals surface area contributed by atoms with Gasteiger partial charge in [0.1, 0.15) is 11.6 Å². The first-order valence-electron chi connectivity index (χ1n) is 5.82. The van der Waals surface area contributed by atoms with E-state index in [2.05, 4.69) is 5.32 Å². The Balaban J connectivity index is 2.87. The van der Waals surface area contributed by atoms with E-state index in [1.807, 2.05) is 6.92 Å². The molecule has 0 spiro atoms. The summed E-state index contributed by atoms with van der Waals surface area (Å²) >= 11 is 5.61. The zero-order valence-electron chi connectivity index (χ0n) is 10.4. The molecular weight excluding hydrogens is 260 g/mol. The average Bonchev–Trinajstić information content (AvgIpc) is 2.33. The number of rotatable bonds is 5. The summed E-state index contributed by atoms with van der Waals surface area (Å²) < 4.78 is 26.6. The van der Waals surface area contributed by atoms with E-state index < -0.39 is 17.5 Å². The fourth-order valence-corrected chi connectivity index (χ4v) is 1.87. The smallest absolute Gasteiger partial charge is 0.254 e. The summed E-state index contributed by atoms with van der Waals surface area (Å²) in [5.41, 5.74) is 0.105. The second-order valence-corrected chi connectivity index (χ2v) is 4.52. The fraction of sp³-hybridized carbons (Fsp3) is 0.462. The number of alkyl halides is 1. The zero-order chi connectivity index (χ0) is 13.7. The number of carbonyl (C=O) groups excluding carboxylic acids is 1. The second kappa shape index (κ2) is 6.69. The number of hydrogen-bond acceptors (Lipinski definition) is 1. The van der Waals surface area contributed by atoms with Gasteiger partial charge in [-0.25, -0.2) is 8.78 Å². The van der Waals surface area contributed by atoms with Gasteiger partial charge >= 0.3 is 0 Å². The quantitative estimate of drug-likeness (QED) is 0.820. The summed E-state index contributed by atoms with van der Waals surface area (Å²) in [6.07, 6.45) is 1.33. The lowest BCUT2D eigenvalue weighted by Gasteiger charge is -2.16. The SMILES string of the molecule is CCC(CCCl)NC(=O)c1cc(C)c(F)cc1F. The Kier molecular flexibility index (Phi) is 5.54. The molecule has 0 bridgehead atoms. The molecule has 1 rings (SSSR count). The molecule has 5 heteroatoms. The largest absolute Gasteiger partial charge is 0.349 e. The van der Waals surface area contributed by atoms with E-state index in [1.165, 1.54) is 13.0 Å². The minimum absolute atomic E-state index is 0.0974. The van der Waals surface area contributed by atoms with Crippen molar-refractivity contribution < 1.29 is 13.6 Å². The van der Waals surface area contributed by atoms with Crippen molar-refractivity contribution in [3.8, 4) is 0 Å². The van der Waals surface area contributed by atoms with Crippen LogP contribution in [0.3, 0.4) is 0 Å². The normalized spacial score (nSPS) is 12.3. The van der Waals surface area contributed by atoms with Gasteiger partial charge in [-0.15, -0.1) is 11.6 Å². The summed E-state index contributed by atoms with van der Waals surface area (Å²) in [4.78, 5) is 11.9. The van der Waals surface area contributed by atoms with Crippen molar-refractivity contribution in [2.45, 2.75) is 32.7 Å². The van der Waals surface area contributed by atoms with E-state index >= 15 is 0 Å². The number of hydrogen-bond donors (Lipinski definition) is 1. The first kappa shape index (κ1) is 14.9. The van der Waals surface area contributed by atoms with Gasteiger partial charge in [-0.3, -0.25) is 4.79 Å². The van der Waals surface area contributed by atoms with Crippen molar-refractivity contribution in [2.24, 2.45) is 0 Å². The third-order valence-corrected chi connectivity index (χ3v) is 3.00. The van der Waals surface area contributed by atoms with Gasteiger partial charge in [0.2, 0.25) is 0 Å². The summed E-state index contributed by atoms with van der Waals surface area (Å²) in [6, 6.07) is 1.85. The molecule has 1 amide bonds. The second-order valence-electron chi connectivity index (χ2n) is 4.14. The van der Waals surface area contributed by atoms with Gasteiger partial charge in [-0.1, -0.05) is 6.92 Å². The molecule has 0 fully saturated rings. The van der Waals surface area contributed by atoms with Gasteiger partial charge in [0.25, 0.3) is 5.91 Å². The number of benzene rings is 1. The number of carbonyl (C=O) groups is 1. The summed E-state index contributed by atoms with van der Waals surface area (Å²) in [5.74, 6) is -1.62. The summed E-state index contributed by atoms with van der Waals surface area (Å²) in [7, 11) is 0. The van der Waals surface area contributed by atoms with E-state index in [-0.39, 0.29) is 17.2 Å². The van der Waals surface area contributed by atoms with Gasteiger partial charge in [0.05, 0.1) is 5.56 Å². The molecule has 0 aliphatic heterocycles. The van der Waals surface area contributed by atoms with Gasteiger partial charge in [0.15, 0.2) is 0 Å². The van der Waals surface area contributed by atoms with Crippen molar-refractivity contribution in [2.75, 3.05) is 5.88 Å². The standard InChI is InChI=1S/C13H16ClF2NO/c1-3-9(4-5-14)17-13(18)10-6-8(2)11(15)7-12(10)16/h6-7,9H,3-5H2,1-2H3,(H,17,18). The molecule has 0 heterocycles. The maximum atomic E-state index is 13.5. The molecule has 1 aromatic carbocycles. The monoisotopic (exact) mass is 275 g/mol. The Labute approximate surface area is 110 Å². The lowest BCUT2D eigenvalue weighted by atomic mass is 10.1. The molecular formula is C13H16ClF2NO. The van der Waals surface area contributed by atoms with E-state index in [1.54, 1.807) is 0 Å². The van der Waals surface area contributed by atoms with Gasteiger partial charge in [0, 0.05) is 18.0 Å². The third-order valence-electron chi connectivity index (χ3n) is 2.78. The number of amides is 1. The highest BCUT2D eigenvalue weighted by Crippen LogP contribution is 2.14. The van der Waals surface area contributed by atoms with E-state index in [0.29, 0.717) is 18.7 Å². The molecule has 0 aliphatic carbocycles.